The van der Waals surface area contributed by atoms with Crippen LogP contribution >= 0.6 is 27.7 Å². The van der Waals surface area contributed by atoms with E-state index in [1.165, 1.54) is 11.8 Å². The first kappa shape index (κ1) is 34.6. The Kier molecular flexibility index (Phi) is 11.8. The van der Waals surface area contributed by atoms with Gasteiger partial charge in [-0.05, 0) is 59.3 Å². The summed E-state index contributed by atoms with van der Waals surface area (Å²) < 4.78 is 69.2. The van der Waals surface area contributed by atoms with E-state index in [9.17, 15) is 8.42 Å². The Morgan fingerprint density at radius 3 is 2.47 bits per heavy atom. The first-order valence-corrected chi connectivity index (χ1v) is 19.3. The Morgan fingerprint density at radius 2 is 1.81 bits per heavy atom. The first-order valence-electron chi connectivity index (χ1n) is 15.9. The Bertz CT molecular complexity index is 1030. The van der Waals surface area contributed by atoms with Crippen LogP contribution in [-0.4, -0.2) is 115 Å². The van der Waals surface area contributed by atoms with Gasteiger partial charge in [0.2, 0.25) is 0 Å². The van der Waals surface area contributed by atoms with Crippen LogP contribution in [0.4, 0.5) is 8.78 Å². The second-order valence-corrected chi connectivity index (χ2v) is 18.7. The number of hydrogen-bond acceptors (Lipinski definition) is 11. The van der Waals surface area contributed by atoms with Gasteiger partial charge in [-0.3, -0.25) is 26.3 Å². The van der Waals surface area contributed by atoms with Crippen LogP contribution in [0.3, 0.4) is 0 Å². The number of methoxy groups -OCH3 is 1. The van der Waals surface area contributed by atoms with Crippen molar-refractivity contribution in [2.24, 2.45) is 5.92 Å². The van der Waals surface area contributed by atoms with Crippen LogP contribution in [0.1, 0.15) is 65.7 Å². The van der Waals surface area contributed by atoms with Crippen molar-refractivity contribution in [3.8, 4) is 0 Å². The minimum absolute atomic E-state index is 0.0464. The topological polar surface area (TPSA) is 116 Å². The van der Waals surface area contributed by atoms with Crippen LogP contribution in [0, 0.1) is 5.92 Å². The zero-order valence-corrected chi connectivity index (χ0v) is 29.0. The van der Waals surface area contributed by atoms with Crippen LogP contribution in [0.25, 0.3) is 0 Å². The molecule has 43 heavy (non-hydrogen) atoms. The fourth-order valence-electron chi connectivity index (χ4n) is 7.57. The molecule has 10 nitrogen and oxygen atoms in total. The lowest BCUT2D eigenvalue weighted by atomic mass is 9.79. The number of alkyl halides is 3. The maximum atomic E-state index is 15.9. The van der Waals surface area contributed by atoms with Crippen molar-refractivity contribution in [2.75, 3.05) is 33.4 Å². The average Bonchev–Trinajstić information content (AvgIpc) is 3.39. The second kappa shape index (κ2) is 14.6. The smallest absolute Gasteiger partial charge is 0.158 e. The molecule has 2 saturated carbocycles. The number of thioether (sulfide) groups is 1. The van der Waals surface area contributed by atoms with Gasteiger partial charge in [0.05, 0.1) is 41.7 Å². The summed E-state index contributed by atoms with van der Waals surface area (Å²) in [4.78, 5) is 1.99. The summed E-state index contributed by atoms with van der Waals surface area (Å²) in [6, 6.07) is 0.332. The summed E-state index contributed by atoms with van der Waals surface area (Å²) in [7, 11) is -2.05. The first-order chi connectivity index (χ1) is 20.4. The van der Waals surface area contributed by atoms with Gasteiger partial charge < -0.3 is 9.47 Å². The summed E-state index contributed by atoms with van der Waals surface area (Å²) in [5.74, 6) is -0.598. The van der Waals surface area contributed by atoms with Gasteiger partial charge in [-0.1, -0.05) is 22.4 Å². The SMILES string of the molecule is COC1C(NC2CC(C)NN2)NC(SC2CCC(S(=O)(=O)C(C)(C)C3CCCC(Br)C3F)CC2F)NC1N1CCOCC1. The Morgan fingerprint density at radius 1 is 1.07 bits per heavy atom. The molecule has 3 aliphatic heterocycles. The van der Waals surface area contributed by atoms with Gasteiger partial charge >= 0.3 is 0 Å². The van der Waals surface area contributed by atoms with Crippen LogP contribution in [-0.2, 0) is 19.3 Å². The molecule has 0 aromatic heterocycles. The van der Waals surface area contributed by atoms with Crippen LogP contribution in [0.15, 0.2) is 0 Å². The summed E-state index contributed by atoms with van der Waals surface area (Å²) in [6.07, 6.45) is 0.682. The molecule has 5 fully saturated rings. The number of halogens is 3. The quantitative estimate of drug-likeness (QED) is 0.227. The molecule has 250 valence electrons. The number of nitrogens with one attached hydrogen (secondary N) is 5. The summed E-state index contributed by atoms with van der Waals surface area (Å²) >= 11 is 4.90. The highest BCUT2D eigenvalue weighted by Gasteiger charge is 2.53. The van der Waals surface area contributed by atoms with Crippen molar-refractivity contribution < 1.29 is 26.7 Å². The summed E-state index contributed by atoms with van der Waals surface area (Å²) in [5.41, 5.74) is 6.27. The molecule has 5 rings (SSSR count). The minimum atomic E-state index is -3.77. The lowest BCUT2D eigenvalue weighted by Crippen LogP contribution is -2.75. The van der Waals surface area contributed by atoms with E-state index >= 15 is 8.78 Å². The van der Waals surface area contributed by atoms with Gasteiger partial charge in [0.25, 0.3) is 0 Å². The Balaban J connectivity index is 1.25. The predicted molar refractivity (Wildman–Crippen MR) is 170 cm³/mol. The lowest BCUT2D eigenvalue weighted by Gasteiger charge is -2.49. The van der Waals surface area contributed by atoms with Gasteiger partial charge in [0.1, 0.15) is 23.9 Å². The molecule has 0 aromatic rings. The second-order valence-electron chi connectivity index (χ2n) is 13.4. The van der Waals surface area contributed by atoms with Crippen molar-refractivity contribution in [2.45, 2.75) is 134 Å². The molecule has 15 heteroatoms. The normalized spacial score (nSPS) is 44.0. The van der Waals surface area contributed by atoms with Gasteiger partial charge in [-0.25, -0.2) is 22.6 Å². The number of rotatable bonds is 9. The molecule has 2 aliphatic carbocycles. The highest BCUT2D eigenvalue weighted by atomic mass is 79.9. The van der Waals surface area contributed by atoms with Crippen molar-refractivity contribution in [3.63, 3.8) is 0 Å². The molecule has 0 spiro atoms. The van der Waals surface area contributed by atoms with E-state index in [4.69, 9.17) is 9.47 Å². The molecule has 3 saturated heterocycles. The van der Waals surface area contributed by atoms with E-state index in [1.54, 1.807) is 21.0 Å². The van der Waals surface area contributed by atoms with E-state index in [0.29, 0.717) is 44.9 Å². The van der Waals surface area contributed by atoms with Crippen molar-refractivity contribution in [3.05, 3.63) is 0 Å². The Hall–Kier alpha value is 0.320. The summed E-state index contributed by atoms with van der Waals surface area (Å²) in [6.45, 7) is 8.24. The molecule has 0 radical (unpaired) electrons. The number of ether oxygens (including phenoxy) is 2. The molecule has 0 bridgehead atoms. The molecule has 3 heterocycles. The molecular weight excluding hydrogens is 666 g/mol. The standard InChI is InChI=1S/C28H51BrF2N6O4S2/c1-16-14-22(36-35-16)32-25-24(40-4)26(37-10-12-41-13-11-37)34-27(33-25)42-21-9-8-17(15-20(21)30)43(38,39)28(2,3)18-6-5-7-19(29)23(18)31/h16-27,32-36H,5-15H2,1-4H3. The zero-order chi connectivity index (χ0) is 30.9. The monoisotopic (exact) mass is 716 g/mol. The molecule has 5 aliphatic rings. The van der Waals surface area contributed by atoms with E-state index in [-0.39, 0.29) is 46.6 Å². The van der Waals surface area contributed by atoms with Gasteiger partial charge in [0, 0.05) is 42.2 Å². The minimum Gasteiger partial charge on any atom is -0.379 e. The number of hydrazine groups is 1. The molecular formula is C28H51BrF2N6O4S2. The van der Waals surface area contributed by atoms with Gasteiger partial charge in [0.15, 0.2) is 9.84 Å². The van der Waals surface area contributed by atoms with Crippen LogP contribution in [0.5, 0.6) is 0 Å². The Labute approximate surface area is 268 Å². The number of hydrogen-bond donors (Lipinski definition) is 5. The van der Waals surface area contributed by atoms with Crippen molar-refractivity contribution in [1.82, 2.24) is 31.7 Å². The van der Waals surface area contributed by atoms with Gasteiger partial charge in [-0.2, -0.15) is 0 Å². The molecule has 12 atom stereocenters. The van der Waals surface area contributed by atoms with Crippen molar-refractivity contribution >= 4 is 37.5 Å². The summed E-state index contributed by atoms with van der Waals surface area (Å²) in [5, 5.41) is 9.75. The van der Waals surface area contributed by atoms with E-state index in [1.807, 2.05) is 0 Å². The van der Waals surface area contributed by atoms with Crippen molar-refractivity contribution in [1.29, 1.82) is 0 Å². The highest BCUT2D eigenvalue weighted by Crippen LogP contribution is 2.46. The largest absolute Gasteiger partial charge is 0.379 e. The molecule has 5 N–H and O–H groups in total. The molecule has 12 unspecified atom stereocenters. The molecule has 0 aromatic carbocycles. The molecule has 0 amide bonds. The third kappa shape index (κ3) is 7.57. The predicted octanol–water partition coefficient (Wildman–Crippen LogP) is 2.35. The van der Waals surface area contributed by atoms with Crippen LogP contribution < -0.4 is 26.8 Å². The number of morpholine rings is 1. The lowest BCUT2D eigenvalue weighted by molar-refractivity contribution is -0.0829. The van der Waals surface area contributed by atoms with Gasteiger partial charge in [-0.15, -0.1) is 11.8 Å². The van der Waals surface area contributed by atoms with Crippen LogP contribution in [0.2, 0.25) is 0 Å². The van der Waals surface area contributed by atoms with E-state index in [2.05, 4.69) is 54.6 Å². The maximum absolute atomic E-state index is 15.9. The fraction of sp³-hybridized carbons (Fsp3) is 1.00. The highest BCUT2D eigenvalue weighted by molar-refractivity contribution is 9.09. The van der Waals surface area contributed by atoms with E-state index in [0.717, 1.165) is 25.9 Å². The average molecular weight is 718 g/mol. The van der Waals surface area contributed by atoms with E-state index < -0.39 is 38.1 Å². The number of sulfone groups is 1. The number of nitrogens with zero attached hydrogens (tertiary/aromatic N) is 1. The zero-order valence-electron chi connectivity index (χ0n) is 25.7. The third-order valence-corrected chi connectivity index (χ3v) is 15.7. The third-order valence-electron chi connectivity index (χ3n) is 10.2. The fourth-order valence-corrected chi connectivity index (χ4v) is 12.0. The maximum Gasteiger partial charge on any atom is 0.158 e.